The van der Waals surface area contributed by atoms with E-state index in [0.717, 1.165) is 32.4 Å². The molecule has 1 atom stereocenters. The SMILES string of the molecule is CCC(CC)(CNC(=O)NC1CCOC1)SC. The molecule has 0 aromatic rings. The van der Waals surface area contributed by atoms with Crippen LogP contribution in [0.2, 0.25) is 0 Å². The molecule has 100 valence electrons. The molecule has 1 aliphatic rings. The Hall–Kier alpha value is -0.420. The maximum absolute atomic E-state index is 11.7. The van der Waals surface area contributed by atoms with Gasteiger partial charge in [-0.15, -0.1) is 0 Å². The van der Waals surface area contributed by atoms with Crippen molar-refractivity contribution in [1.29, 1.82) is 0 Å². The molecule has 17 heavy (non-hydrogen) atoms. The predicted octanol–water partition coefficient (Wildman–Crippen LogP) is 2.00. The third-order valence-electron chi connectivity index (χ3n) is 3.56. The van der Waals surface area contributed by atoms with Crippen molar-refractivity contribution in [2.75, 3.05) is 26.0 Å². The summed E-state index contributed by atoms with van der Waals surface area (Å²) in [7, 11) is 0. The molecule has 0 aromatic carbocycles. The van der Waals surface area contributed by atoms with Gasteiger partial charge in [0, 0.05) is 17.9 Å². The molecule has 1 heterocycles. The number of thioether (sulfide) groups is 1. The molecule has 5 heteroatoms. The Labute approximate surface area is 108 Å². The molecule has 1 saturated heterocycles. The van der Waals surface area contributed by atoms with Crippen LogP contribution in [0.25, 0.3) is 0 Å². The second-order valence-corrected chi connectivity index (χ2v) is 5.76. The third kappa shape index (κ3) is 4.39. The minimum absolute atomic E-state index is 0.0687. The number of hydrogen-bond acceptors (Lipinski definition) is 3. The number of hydrogen-bond donors (Lipinski definition) is 2. The van der Waals surface area contributed by atoms with Crippen molar-refractivity contribution in [3.63, 3.8) is 0 Å². The van der Waals surface area contributed by atoms with Gasteiger partial charge in [0.05, 0.1) is 12.6 Å². The van der Waals surface area contributed by atoms with Crippen LogP contribution in [0.3, 0.4) is 0 Å². The van der Waals surface area contributed by atoms with Crippen LogP contribution in [-0.4, -0.2) is 42.8 Å². The average molecular weight is 260 g/mol. The zero-order chi connectivity index (χ0) is 12.7. The number of rotatable bonds is 6. The molecule has 0 spiro atoms. The summed E-state index contributed by atoms with van der Waals surface area (Å²) in [6.07, 6.45) is 5.16. The molecule has 2 N–H and O–H groups in total. The Morgan fingerprint density at radius 2 is 2.18 bits per heavy atom. The van der Waals surface area contributed by atoms with Crippen molar-refractivity contribution in [1.82, 2.24) is 10.6 Å². The van der Waals surface area contributed by atoms with Gasteiger partial charge in [-0.25, -0.2) is 4.79 Å². The summed E-state index contributed by atoms with van der Waals surface area (Å²) in [5.74, 6) is 0. The highest BCUT2D eigenvalue weighted by atomic mass is 32.2. The zero-order valence-electron chi connectivity index (χ0n) is 11.0. The van der Waals surface area contributed by atoms with Gasteiger partial charge in [0.2, 0.25) is 0 Å². The van der Waals surface area contributed by atoms with Gasteiger partial charge in [-0.05, 0) is 25.5 Å². The number of carbonyl (C=O) groups excluding carboxylic acids is 1. The van der Waals surface area contributed by atoms with Crippen LogP contribution in [0.5, 0.6) is 0 Å². The molecule has 1 aliphatic heterocycles. The molecule has 1 rings (SSSR count). The Balaban J connectivity index is 2.30. The molecule has 0 aromatic heterocycles. The molecule has 1 fully saturated rings. The van der Waals surface area contributed by atoms with E-state index in [2.05, 4.69) is 30.7 Å². The molecule has 0 aliphatic carbocycles. The summed E-state index contributed by atoms with van der Waals surface area (Å²) in [5.41, 5.74) is 0. The number of ether oxygens (including phenoxy) is 1. The Morgan fingerprint density at radius 3 is 2.65 bits per heavy atom. The summed E-state index contributed by atoms with van der Waals surface area (Å²) in [5, 5.41) is 5.92. The summed E-state index contributed by atoms with van der Waals surface area (Å²) in [4.78, 5) is 11.7. The highest BCUT2D eigenvalue weighted by Crippen LogP contribution is 2.29. The normalized spacial score (nSPS) is 20.3. The summed E-state index contributed by atoms with van der Waals surface area (Å²) >= 11 is 1.83. The van der Waals surface area contributed by atoms with Gasteiger partial charge in [0.15, 0.2) is 0 Å². The lowest BCUT2D eigenvalue weighted by molar-refractivity contribution is 0.188. The van der Waals surface area contributed by atoms with Crippen LogP contribution in [0.4, 0.5) is 4.79 Å². The highest BCUT2D eigenvalue weighted by Gasteiger charge is 2.26. The van der Waals surface area contributed by atoms with Crippen molar-refractivity contribution >= 4 is 17.8 Å². The van der Waals surface area contributed by atoms with Crippen molar-refractivity contribution in [2.45, 2.75) is 43.9 Å². The number of nitrogens with one attached hydrogen (secondary N) is 2. The summed E-state index contributed by atoms with van der Waals surface area (Å²) in [6.45, 7) is 6.46. The minimum Gasteiger partial charge on any atom is -0.379 e. The fourth-order valence-electron chi connectivity index (χ4n) is 1.99. The molecular weight excluding hydrogens is 236 g/mol. The van der Waals surface area contributed by atoms with Crippen LogP contribution in [-0.2, 0) is 4.74 Å². The van der Waals surface area contributed by atoms with E-state index in [-0.39, 0.29) is 16.8 Å². The molecule has 0 saturated carbocycles. The fraction of sp³-hybridized carbons (Fsp3) is 0.917. The van der Waals surface area contributed by atoms with Gasteiger partial charge in [-0.2, -0.15) is 11.8 Å². The molecular formula is C12H24N2O2S. The van der Waals surface area contributed by atoms with E-state index >= 15 is 0 Å². The van der Waals surface area contributed by atoms with E-state index in [0.29, 0.717) is 6.61 Å². The molecule has 1 unspecified atom stereocenters. The monoisotopic (exact) mass is 260 g/mol. The van der Waals surface area contributed by atoms with Crippen LogP contribution in [0, 0.1) is 0 Å². The molecule has 0 bridgehead atoms. The maximum Gasteiger partial charge on any atom is 0.315 e. The standard InChI is InChI=1S/C12H24N2O2S/c1-4-12(5-2,17-3)9-13-11(15)14-10-6-7-16-8-10/h10H,4-9H2,1-3H3,(H2,13,14,15). The molecule has 4 nitrogen and oxygen atoms in total. The van der Waals surface area contributed by atoms with E-state index in [4.69, 9.17) is 4.74 Å². The predicted molar refractivity (Wildman–Crippen MR) is 72.6 cm³/mol. The van der Waals surface area contributed by atoms with Crippen LogP contribution in [0.1, 0.15) is 33.1 Å². The first-order chi connectivity index (χ1) is 8.15. The Bertz CT molecular complexity index is 230. The minimum atomic E-state index is -0.0687. The van der Waals surface area contributed by atoms with Crippen LogP contribution in [0.15, 0.2) is 0 Å². The molecule has 2 amide bonds. The van der Waals surface area contributed by atoms with Gasteiger partial charge in [-0.3, -0.25) is 0 Å². The fourth-order valence-corrected chi connectivity index (χ4v) is 2.78. The lowest BCUT2D eigenvalue weighted by Gasteiger charge is -2.30. The summed E-state index contributed by atoms with van der Waals surface area (Å²) < 4.78 is 5.39. The quantitative estimate of drug-likeness (QED) is 0.768. The van der Waals surface area contributed by atoms with E-state index < -0.39 is 0 Å². The smallest absolute Gasteiger partial charge is 0.315 e. The van der Waals surface area contributed by atoms with Gasteiger partial charge >= 0.3 is 6.03 Å². The Morgan fingerprint density at radius 1 is 1.47 bits per heavy atom. The summed E-state index contributed by atoms with van der Waals surface area (Å²) in [6, 6.07) is 0.114. The first-order valence-electron chi connectivity index (χ1n) is 6.33. The lowest BCUT2D eigenvalue weighted by atomic mass is 10.0. The first-order valence-corrected chi connectivity index (χ1v) is 7.55. The Kier molecular flexibility index (Phi) is 6.12. The van der Waals surface area contributed by atoms with Crippen molar-refractivity contribution in [3.8, 4) is 0 Å². The topological polar surface area (TPSA) is 50.4 Å². The largest absolute Gasteiger partial charge is 0.379 e. The number of amides is 2. The molecule has 0 radical (unpaired) electrons. The van der Waals surface area contributed by atoms with E-state index in [1.165, 1.54) is 0 Å². The van der Waals surface area contributed by atoms with Gasteiger partial charge in [-0.1, -0.05) is 13.8 Å². The van der Waals surface area contributed by atoms with Crippen molar-refractivity contribution < 1.29 is 9.53 Å². The van der Waals surface area contributed by atoms with E-state index in [1.54, 1.807) is 0 Å². The third-order valence-corrected chi connectivity index (χ3v) is 5.15. The lowest BCUT2D eigenvalue weighted by Crippen LogP contribution is -2.47. The van der Waals surface area contributed by atoms with Crippen LogP contribution >= 0.6 is 11.8 Å². The van der Waals surface area contributed by atoms with E-state index in [9.17, 15) is 4.79 Å². The maximum atomic E-state index is 11.7. The number of carbonyl (C=O) groups is 1. The van der Waals surface area contributed by atoms with Gasteiger partial charge in [0.25, 0.3) is 0 Å². The first kappa shape index (κ1) is 14.6. The van der Waals surface area contributed by atoms with Gasteiger partial charge < -0.3 is 15.4 Å². The van der Waals surface area contributed by atoms with Gasteiger partial charge in [0.1, 0.15) is 0 Å². The van der Waals surface area contributed by atoms with Crippen molar-refractivity contribution in [2.24, 2.45) is 0 Å². The van der Waals surface area contributed by atoms with Crippen molar-refractivity contribution in [3.05, 3.63) is 0 Å². The second kappa shape index (κ2) is 7.11. The number of urea groups is 1. The average Bonchev–Trinajstić information content (AvgIpc) is 2.84. The van der Waals surface area contributed by atoms with E-state index in [1.807, 2.05) is 11.8 Å². The highest BCUT2D eigenvalue weighted by molar-refractivity contribution is 8.00. The second-order valence-electron chi connectivity index (χ2n) is 4.48. The van der Waals surface area contributed by atoms with Crippen LogP contribution < -0.4 is 10.6 Å². The zero-order valence-corrected chi connectivity index (χ0v) is 11.9.